The van der Waals surface area contributed by atoms with Gasteiger partial charge in [0.15, 0.2) is 0 Å². The maximum Gasteiger partial charge on any atom is 0.417 e. The molecule has 1 aromatic carbocycles. The van der Waals surface area contributed by atoms with Gasteiger partial charge in [0, 0.05) is 12.8 Å². The molecule has 1 rings (SSSR count). The van der Waals surface area contributed by atoms with E-state index in [2.05, 4.69) is 5.32 Å². The van der Waals surface area contributed by atoms with Gasteiger partial charge in [0.05, 0.1) is 23.2 Å². The van der Waals surface area contributed by atoms with Gasteiger partial charge in [-0.05, 0) is 24.1 Å². The third-order valence-corrected chi connectivity index (χ3v) is 3.10. The molecular weight excluding hydrogens is 279 g/mol. The number of hydrogen-bond acceptors (Lipinski definition) is 2. The first-order valence-electron chi connectivity index (χ1n) is 5.88. The summed E-state index contributed by atoms with van der Waals surface area (Å²) < 4.78 is 43.3. The minimum Gasteiger partial charge on any atom is -0.383 e. The van der Waals surface area contributed by atoms with Crippen LogP contribution < -0.4 is 5.32 Å². The Kier molecular flexibility index (Phi) is 5.50. The zero-order valence-electron chi connectivity index (χ0n) is 11.0. The van der Waals surface area contributed by atoms with Crippen molar-refractivity contribution in [3.63, 3.8) is 0 Å². The van der Waals surface area contributed by atoms with Crippen LogP contribution in [0.4, 0.5) is 18.9 Å². The number of anilines is 1. The number of halogens is 4. The molecule has 0 radical (unpaired) electrons. The van der Waals surface area contributed by atoms with Crippen molar-refractivity contribution in [3.8, 4) is 0 Å². The molecule has 0 amide bonds. The van der Waals surface area contributed by atoms with Crippen molar-refractivity contribution in [2.45, 2.75) is 26.1 Å². The second-order valence-electron chi connectivity index (χ2n) is 4.64. The lowest BCUT2D eigenvalue weighted by atomic mass is 10.0. The lowest BCUT2D eigenvalue weighted by Crippen LogP contribution is -2.30. The van der Waals surface area contributed by atoms with Gasteiger partial charge in [0.2, 0.25) is 0 Å². The number of hydrogen-bond donors (Lipinski definition) is 1. The molecular formula is C13H17ClF3NO. The van der Waals surface area contributed by atoms with Gasteiger partial charge in [-0.3, -0.25) is 0 Å². The normalized spacial score (nSPS) is 13.7. The highest BCUT2D eigenvalue weighted by Gasteiger charge is 2.33. The molecule has 1 atom stereocenters. The monoisotopic (exact) mass is 295 g/mol. The molecule has 0 bridgehead atoms. The summed E-state index contributed by atoms with van der Waals surface area (Å²) >= 11 is 5.57. The van der Waals surface area contributed by atoms with Crippen LogP contribution in [0.2, 0.25) is 5.02 Å². The van der Waals surface area contributed by atoms with Crippen molar-refractivity contribution >= 4 is 17.3 Å². The molecule has 0 aliphatic carbocycles. The molecule has 1 unspecified atom stereocenters. The van der Waals surface area contributed by atoms with Crippen LogP contribution in [0.15, 0.2) is 18.2 Å². The number of methoxy groups -OCH3 is 1. The third-order valence-electron chi connectivity index (χ3n) is 2.77. The Labute approximate surface area is 115 Å². The SMILES string of the molecule is COCC(Nc1ccc(Cl)c(C(F)(F)F)c1)C(C)C. The highest BCUT2D eigenvalue weighted by Crippen LogP contribution is 2.36. The first kappa shape index (κ1) is 16.1. The van der Waals surface area contributed by atoms with Gasteiger partial charge < -0.3 is 10.1 Å². The topological polar surface area (TPSA) is 21.3 Å². The molecule has 0 fully saturated rings. The van der Waals surface area contributed by atoms with Gasteiger partial charge in [0.1, 0.15) is 0 Å². The zero-order valence-corrected chi connectivity index (χ0v) is 11.8. The molecule has 1 aromatic rings. The third kappa shape index (κ3) is 4.58. The van der Waals surface area contributed by atoms with E-state index in [0.29, 0.717) is 12.3 Å². The predicted molar refractivity (Wildman–Crippen MR) is 70.6 cm³/mol. The molecule has 0 heterocycles. The maximum absolute atomic E-state index is 12.7. The Morgan fingerprint density at radius 2 is 1.95 bits per heavy atom. The Morgan fingerprint density at radius 1 is 1.32 bits per heavy atom. The van der Waals surface area contributed by atoms with E-state index in [1.165, 1.54) is 12.1 Å². The van der Waals surface area contributed by atoms with Crippen LogP contribution in [0.25, 0.3) is 0 Å². The second kappa shape index (κ2) is 6.48. The van der Waals surface area contributed by atoms with Crippen molar-refractivity contribution < 1.29 is 17.9 Å². The van der Waals surface area contributed by atoms with Gasteiger partial charge >= 0.3 is 6.18 Å². The molecule has 0 spiro atoms. The van der Waals surface area contributed by atoms with Crippen LogP contribution >= 0.6 is 11.6 Å². The van der Waals surface area contributed by atoms with Crippen LogP contribution in [0.3, 0.4) is 0 Å². The van der Waals surface area contributed by atoms with Crippen LogP contribution in [-0.4, -0.2) is 19.8 Å². The number of ether oxygens (including phenoxy) is 1. The minimum absolute atomic E-state index is 0.0627. The summed E-state index contributed by atoms with van der Waals surface area (Å²) in [5.41, 5.74) is -0.452. The fraction of sp³-hybridized carbons (Fsp3) is 0.538. The fourth-order valence-corrected chi connectivity index (χ4v) is 1.85. The van der Waals surface area contributed by atoms with E-state index in [9.17, 15) is 13.2 Å². The summed E-state index contributed by atoms with van der Waals surface area (Å²) in [6.07, 6.45) is -4.46. The molecule has 0 saturated heterocycles. The zero-order chi connectivity index (χ0) is 14.6. The largest absolute Gasteiger partial charge is 0.417 e. The van der Waals surface area contributed by atoms with E-state index in [1.54, 1.807) is 7.11 Å². The summed E-state index contributed by atoms with van der Waals surface area (Å²) in [5, 5.41) is 2.74. The highest BCUT2D eigenvalue weighted by molar-refractivity contribution is 6.31. The van der Waals surface area contributed by atoms with E-state index in [4.69, 9.17) is 16.3 Å². The van der Waals surface area contributed by atoms with Crippen LogP contribution in [0.5, 0.6) is 0 Å². The number of alkyl halides is 3. The average molecular weight is 296 g/mol. The lowest BCUT2D eigenvalue weighted by molar-refractivity contribution is -0.137. The second-order valence-corrected chi connectivity index (χ2v) is 5.05. The molecule has 108 valence electrons. The van der Waals surface area contributed by atoms with Crippen molar-refractivity contribution in [1.82, 2.24) is 0 Å². The van der Waals surface area contributed by atoms with Crippen molar-refractivity contribution in [2.75, 3.05) is 19.0 Å². The number of rotatable bonds is 5. The molecule has 0 aliphatic rings. The van der Waals surface area contributed by atoms with Crippen molar-refractivity contribution in [2.24, 2.45) is 5.92 Å². The summed E-state index contributed by atoms with van der Waals surface area (Å²) in [6, 6.07) is 3.74. The average Bonchev–Trinajstić information content (AvgIpc) is 2.29. The lowest BCUT2D eigenvalue weighted by Gasteiger charge is -2.23. The van der Waals surface area contributed by atoms with E-state index in [1.807, 2.05) is 13.8 Å². The Bertz CT molecular complexity index is 421. The molecule has 1 N–H and O–H groups in total. The van der Waals surface area contributed by atoms with Crippen LogP contribution in [0, 0.1) is 5.92 Å². The summed E-state index contributed by atoms with van der Waals surface area (Å²) in [7, 11) is 1.56. The highest BCUT2D eigenvalue weighted by atomic mass is 35.5. The fourth-order valence-electron chi connectivity index (χ4n) is 1.63. The van der Waals surface area contributed by atoms with Crippen LogP contribution in [0.1, 0.15) is 19.4 Å². The molecule has 0 aliphatic heterocycles. The van der Waals surface area contributed by atoms with Gasteiger partial charge in [-0.25, -0.2) is 0 Å². The van der Waals surface area contributed by atoms with Crippen molar-refractivity contribution in [1.29, 1.82) is 0 Å². The first-order chi connectivity index (χ1) is 8.75. The molecule has 2 nitrogen and oxygen atoms in total. The van der Waals surface area contributed by atoms with E-state index in [-0.39, 0.29) is 17.0 Å². The van der Waals surface area contributed by atoms with Gasteiger partial charge in [0.25, 0.3) is 0 Å². The molecule has 0 saturated carbocycles. The van der Waals surface area contributed by atoms with E-state index < -0.39 is 11.7 Å². The predicted octanol–water partition coefficient (Wildman–Crippen LogP) is 4.44. The van der Waals surface area contributed by atoms with E-state index >= 15 is 0 Å². The number of benzene rings is 1. The quantitative estimate of drug-likeness (QED) is 0.867. The Hall–Kier alpha value is -0.940. The smallest absolute Gasteiger partial charge is 0.383 e. The Balaban J connectivity index is 2.96. The molecule has 0 aromatic heterocycles. The van der Waals surface area contributed by atoms with Gasteiger partial charge in [-0.15, -0.1) is 0 Å². The summed E-state index contributed by atoms with van der Waals surface area (Å²) in [4.78, 5) is 0. The molecule has 19 heavy (non-hydrogen) atoms. The van der Waals surface area contributed by atoms with Crippen molar-refractivity contribution in [3.05, 3.63) is 28.8 Å². The van der Waals surface area contributed by atoms with Gasteiger partial charge in [-0.2, -0.15) is 13.2 Å². The maximum atomic E-state index is 12.7. The van der Waals surface area contributed by atoms with E-state index in [0.717, 1.165) is 6.07 Å². The van der Waals surface area contributed by atoms with Crippen LogP contribution in [-0.2, 0) is 10.9 Å². The van der Waals surface area contributed by atoms with Gasteiger partial charge in [-0.1, -0.05) is 25.4 Å². The Morgan fingerprint density at radius 3 is 2.42 bits per heavy atom. The standard InChI is InChI=1S/C13H17ClF3NO/c1-8(2)12(7-19-3)18-9-4-5-11(14)10(6-9)13(15,16)17/h4-6,8,12,18H,7H2,1-3H3. The first-order valence-corrected chi connectivity index (χ1v) is 6.25. The molecule has 6 heteroatoms. The summed E-state index contributed by atoms with van der Waals surface area (Å²) in [5.74, 6) is 0.227. The minimum atomic E-state index is -4.46. The summed E-state index contributed by atoms with van der Waals surface area (Å²) in [6.45, 7) is 4.36. The number of nitrogens with one attached hydrogen (secondary N) is 1.